The molecular weight excluding hydrogens is 300 g/mol. The molecule has 1 heterocycles. The molecule has 0 amide bonds. The second kappa shape index (κ2) is 9.76. The molecule has 0 aromatic rings. The molecule has 0 saturated heterocycles. The summed E-state index contributed by atoms with van der Waals surface area (Å²) < 4.78 is 0. The van der Waals surface area contributed by atoms with Crippen LogP contribution in [0.5, 0.6) is 0 Å². The summed E-state index contributed by atoms with van der Waals surface area (Å²) in [5, 5.41) is 24.4. The fraction of sp³-hybridized carbons (Fsp3) is 0.950. The molecular formula is C20H40N2O2. The van der Waals surface area contributed by atoms with Crippen LogP contribution in [0.15, 0.2) is 4.99 Å². The van der Waals surface area contributed by atoms with Gasteiger partial charge in [-0.2, -0.15) is 0 Å². The van der Waals surface area contributed by atoms with Crippen molar-refractivity contribution in [3.05, 3.63) is 0 Å². The lowest BCUT2D eigenvalue weighted by atomic mass is 9.81. The van der Waals surface area contributed by atoms with E-state index in [1.807, 2.05) is 13.8 Å². The molecule has 24 heavy (non-hydrogen) atoms. The van der Waals surface area contributed by atoms with E-state index in [0.29, 0.717) is 19.4 Å². The standard InChI is InChI=1S/C20H40N2O2/c1-6-9-10-11-12-13-14-19(4,5)18-21-15-20(22-18,16(23)7-2)17(24)8-3/h16-17,23-24H,6-15H2,1-5H3,(H,21,22). The van der Waals surface area contributed by atoms with Crippen molar-refractivity contribution in [3.63, 3.8) is 0 Å². The predicted molar refractivity (Wildman–Crippen MR) is 103 cm³/mol. The molecule has 1 aliphatic rings. The van der Waals surface area contributed by atoms with Crippen LogP contribution in [0.1, 0.15) is 92.4 Å². The van der Waals surface area contributed by atoms with Crippen LogP contribution < -0.4 is 5.32 Å². The Labute approximate surface area is 149 Å². The number of hydrogen-bond donors (Lipinski definition) is 3. The fourth-order valence-corrected chi connectivity index (χ4v) is 3.69. The van der Waals surface area contributed by atoms with E-state index in [4.69, 9.17) is 4.99 Å². The molecule has 0 spiro atoms. The van der Waals surface area contributed by atoms with Crippen molar-refractivity contribution in [2.24, 2.45) is 10.4 Å². The number of nitrogens with one attached hydrogen (secondary N) is 1. The monoisotopic (exact) mass is 340 g/mol. The highest BCUT2D eigenvalue weighted by molar-refractivity contribution is 5.90. The van der Waals surface area contributed by atoms with Crippen LogP contribution in [0.4, 0.5) is 0 Å². The highest BCUT2D eigenvalue weighted by Crippen LogP contribution is 2.33. The van der Waals surface area contributed by atoms with E-state index in [1.165, 1.54) is 38.5 Å². The maximum absolute atomic E-state index is 10.5. The largest absolute Gasteiger partial charge is 0.391 e. The maximum atomic E-state index is 10.5. The van der Waals surface area contributed by atoms with Crippen LogP contribution in [0.25, 0.3) is 0 Å². The lowest BCUT2D eigenvalue weighted by molar-refractivity contribution is -0.0163. The first kappa shape index (κ1) is 21.4. The SMILES string of the molecule is CCCCCCCCC(C)(C)C1=NCC(C(O)CC)(C(O)CC)N1. The Hall–Kier alpha value is -0.610. The average Bonchev–Trinajstić information content (AvgIpc) is 3.04. The quantitative estimate of drug-likeness (QED) is 0.470. The van der Waals surface area contributed by atoms with Gasteiger partial charge in [-0.15, -0.1) is 0 Å². The van der Waals surface area contributed by atoms with E-state index in [1.54, 1.807) is 0 Å². The normalized spacial score (nSPS) is 23.7. The van der Waals surface area contributed by atoms with Gasteiger partial charge in [0.05, 0.1) is 18.8 Å². The molecule has 0 fully saturated rings. The van der Waals surface area contributed by atoms with E-state index in [9.17, 15) is 10.2 Å². The third-order valence-corrected chi connectivity index (χ3v) is 5.61. The summed E-state index contributed by atoms with van der Waals surface area (Å²) in [6, 6.07) is 0. The van der Waals surface area contributed by atoms with Crippen molar-refractivity contribution < 1.29 is 10.2 Å². The van der Waals surface area contributed by atoms with E-state index in [2.05, 4.69) is 26.1 Å². The van der Waals surface area contributed by atoms with Crippen LogP contribution in [-0.2, 0) is 0 Å². The summed E-state index contributed by atoms with van der Waals surface area (Å²) in [6.07, 6.45) is 8.91. The summed E-state index contributed by atoms with van der Waals surface area (Å²) >= 11 is 0. The average molecular weight is 341 g/mol. The minimum atomic E-state index is -0.711. The fourth-order valence-electron chi connectivity index (χ4n) is 3.69. The van der Waals surface area contributed by atoms with E-state index >= 15 is 0 Å². The zero-order chi connectivity index (χ0) is 18.2. The molecule has 1 rings (SSSR count). The van der Waals surface area contributed by atoms with E-state index in [-0.39, 0.29) is 5.41 Å². The molecule has 2 atom stereocenters. The van der Waals surface area contributed by atoms with Gasteiger partial charge in [0.25, 0.3) is 0 Å². The molecule has 0 aliphatic carbocycles. The summed E-state index contributed by atoms with van der Waals surface area (Å²) in [4.78, 5) is 4.71. The summed E-state index contributed by atoms with van der Waals surface area (Å²) in [7, 11) is 0. The Kier molecular flexibility index (Phi) is 8.72. The number of amidine groups is 1. The Morgan fingerprint density at radius 1 is 1.00 bits per heavy atom. The molecule has 142 valence electrons. The van der Waals surface area contributed by atoms with Gasteiger partial charge in [-0.1, -0.05) is 73.1 Å². The van der Waals surface area contributed by atoms with Gasteiger partial charge in [-0.25, -0.2) is 0 Å². The summed E-state index contributed by atoms with van der Waals surface area (Å²) in [5.74, 6) is 0.955. The molecule has 4 nitrogen and oxygen atoms in total. The Bertz CT molecular complexity index is 383. The Morgan fingerprint density at radius 2 is 1.54 bits per heavy atom. The van der Waals surface area contributed by atoms with Gasteiger partial charge in [0.15, 0.2) is 0 Å². The lowest BCUT2D eigenvalue weighted by Gasteiger charge is -2.39. The molecule has 4 heteroatoms. The minimum absolute atomic E-state index is 0.0343. The minimum Gasteiger partial charge on any atom is -0.391 e. The van der Waals surface area contributed by atoms with Crippen LogP contribution in [0, 0.1) is 5.41 Å². The number of aliphatic hydroxyl groups is 2. The Morgan fingerprint density at radius 3 is 2.08 bits per heavy atom. The first-order valence-corrected chi connectivity index (χ1v) is 10.0. The van der Waals surface area contributed by atoms with Crippen LogP contribution in [0.2, 0.25) is 0 Å². The maximum Gasteiger partial charge on any atom is 0.110 e. The Balaban J connectivity index is 2.60. The topological polar surface area (TPSA) is 64.9 Å². The highest BCUT2D eigenvalue weighted by Gasteiger charge is 2.48. The first-order valence-electron chi connectivity index (χ1n) is 10.0. The number of aliphatic hydroxyl groups excluding tert-OH is 2. The second-order valence-corrected chi connectivity index (χ2v) is 8.08. The van der Waals surface area contributed by atoms with Crippen molar-refractivity contribution in [1.82, 2.24) is 5.32 Å². The molecule has 1 aliphatic heterocycles. The number of nitrogens with zero attached hydrogens (tertiary/aromatic N) is 1. The molecule has 0 radical (unpaired) electrons. The number of rotatable bonds is 12. The molecule has 0 aromatic carbocycles. The van der Waals surface area contributed by atoms with Gasteiger partial charge in [0, 0.05) is 5.41 Å². The number of aliphatic imine (C=N–C) groups is 1. The van der Waals surface area contributed by atoms with Gasteiger partial charge < -0.3 is 15.5 Å². The zero-order valence-electron chi connectivity index (χ0n) is 16.6. The van der Waals surface area contributed by atoms with Gasteiger partial charge in [-0.05, 0) is 19.3 Å². The van der Waals surface area contributed by atoms with Gasteiger partial charge >= 0.3 is 0 Å². The van der Waals surface area contributed by atoms with Crippen LogP contribution >= 0.6 is 0 Å². The number of hydrogen-bond acceptors (Lipinski definition) is 4. The summed E-state index contributed by atoms with van der Waals surface area (Å²) in [6.45, 7) is 11.1. The van der Waals surface area contributed by atoms with Crippen molar-refractivity contribution in [2.45, 2.75) is 110 Å². The van der Waals surface area contributed by atoms with Crippen LogP contribution in [0.3, 0.4) is 0 Å². The van der Waals surface area contributed by atoms with Crippen LogP contribution in [-0.4, -0.2) is 40.3 Å². The van der Waals surface area contributed by atoms with Crippen molar-refractivity contribution in [1.29, 1.82) is 0 Å². The molecule has 3 N–H and O–H groups in total. The molecule has 0 bridgehead atoms. The smallest absolute Gasteiger partial charge is 0.110 e. The lowest BCUT2D eigenvalue weighted by Crippen LogP contribution is -2.63. The molecule has 2 unspecified atom stereocenters. The highest BCUT2D eigenvalue weighted by atomic mass is 16.3. The third-order valence-electron chi connectivity index (χ3n) is 5.61. The second-order valence-electron chi connectivity index (χ2n) is 8.08. The van der Waals surface area contributed by atoms with Gasteiger partial charge in [0.1, 0.15) is 11.4 Å². The molecule has 0 aromatic heterocycles. The number of unbranched alkanes of at least 4 members (excludes halogenated alkanes) is 5. The van der Waals surface area contributed by atoms with E-state index < -0.39 is 17.7 Å². The zero-order valence-corrected chi connectivity index (χ0v) is 16.6. The first-order chi connectivity index (χ1) is 11.3. The van der Waals surface area contributed by atoms with Crippen molar-refractivity contribution in [3.8, 4) is 0 Å². The third kappa shape index (κ3) is 5.19. The predicted octanol–water partition coefficient (Wildman–Crippen LogP) is 4.05. The van der Waals surface area contributed by atoms with Gasteiger partial charge in [0.2, 0.25) is 0 Å². The van der Waals surface area contributed by atoms with Crippen molar-refractivity contribution >= 4 is 5.84 Å². The van der Waals surface area contributed by atoms with Crippen molar-refractivity contribution in [2.75, 3.05) is 6.54 Å². The molecule has 0 saturated carbocycles. The van der Waals surface area contributed by atoms with E-state index in [0.717, 1.165) is 12.3 Å². The summed E-state index contributed by atoms with van der Waals surface area (Å²) in [5.41, 5.74) is -0.745. The van der Waals surface area contributed by atoms with Gasteiger partial charge in [-0.3, -0.25) is 4.99 Å².